The topological polar surface area (TPSA) is 62.7 Å². The summed E-state index contributed by atoms with van der Waals surface area (Å²) in [6.07, 6.45) is 4.50. The van der Waals surface area contributed by atoms with Crippen LogP contribution in [-0.2, 0) is 0 Å². The molecule has 0 amide bonds. The summed E-state index contributed by atoms with van der Waals surface area (Å²) in [5.41, 5.74) is 3.74. The molecule has 1 aromatic carbocycles. The molecule has 2 N–H and O–H groups in total. The predicted octanol–water partition coefficient (Wildman–Crippen LogP) is 5.45. The van der Waals surface area contributed by atoms with Gasteiger partial charge in [0, 0.05) is 40.8 Å². The number of aryl methyl sites for hydroxylation is 1. The first-order valence-corrected chi connectivity index (χ1v) is 9.02. The highest BCUT2D eigenvalue weighted by molar-refractivity contribution is 6.31. The van der Waals surface area contributed by atoms with Crippen LogP contribution >= 0.6 is 11.6 Å². The lowest BCUT2D eigenvalue weighted by atomic mass is 10.2. The van der Waals surface area contributed by atoms with Crippen LogP contribution in [0.1, 0.15) is 25.8 Å². The van der Waals surface area contributed by atoms with Crippen molar-refractivity contribution in [2.45, 2.75) is 33.2 Å². The normalized spacial score (nSPS) is 11.8. The van der Waals surface area contributed by atoms with Gasteiger partial charge in [-0.3, -0.25) is 4.98 Å². The quantitative estimate of drug-likeness (QED) is 0.606. The van der Waals surface area contributed by atoms with Crippen molar-refractivity contribution in [3.05, 3.63) is 59.4 Å². The Labute approximate surface area is 158 Å². The van der Waals surface area contributed by atoms with E-state index in [1.54, 1.807) is 12.4 Å². The van der Waals surface area contributed by atoms with E-state index in [1.165, 1.54) is 0 Å². The van der Waals surface area contributed by atoms with Crippen LogP contribution in [0.4, 0.5) is 17.5 Å². The molecule has 3 rings (SSSR count). The first kappa shape index (κ1) is 18.1. The van der Waals surface area contributed by atoms with E-state index in [0.717, 1.165) is 34.0 Å². The van der Waals surface area contributed by atoms with Gasteiger partial charge in [-0.05, 0) is 50.1 Å². The van der Waals surface area contributed by atoms with E-state index in [4.69, 9.17) is 11.6 Å². The largest absolute Gasteiger partial charge is 0.352 e. The van der Waals surface area contributed by atoms with E-state index in [-0.39, 0.29) is 6.04 Å². The van der Waals surface area contributed by atoms with Gasteiger partial charge in [0.15, 0.2) is 0 Å². The van der Waals surface area contributed by atoms with E-state index in [1.807, 2.05) is 43.3 Å². The average molecular weight is 368 g/mol. The van der Waals surface area contributed by atoms with E-state index in [0.29, 0.717) is 11.8 Å². The molecule has 6 heteroatoms. The summed E-state index contributed by atoms with van der Waals surface area (Å²) in [4.78, 5) is 13.3. The second-order valence-electron chi connectivity index (χ2n) is 6.24. The minimum atomic E-state index is 0.282. The third-order valence-electron chi connectivity index (χ3n) is 4.13. The molecule has 0 unspecified atom stereocenters. The lowest BCUT2D eigenvalue weighted by molar-refractivity contribution is 0.753. The number of hydrogen-bond acceptors (Lipinski definition) is 5. The monoisotopic (exact) mass is 367 g/mol. The molecule has 0 saturated heterocycles. The van der Waals surface area contributed by atoms with Crippen molar-refractivity contribution in [3.63, 3.8) is 0 Å². The lowest BCUT2D eigenvalue weighted by Gasteiger charge is -2.15. The summed E-state index contributed by atoms with van der Waals surface area (Å²) < 4.78 is 0. The lowest BCUT2D eigenvalue weighted by Crippen LogP contribution is -2.16. The number of hydrogen-bond donors (Lipinski definition) is 2. The number of aromatic nitrogens is 3. The Kier molecular flexibility index (Phi) is 5.68. The molecule has 0 saturated carbocycles. The summed E-state index contributed by atoms with van der Waals surface area (Å²) in [6, 6.07) is 11.9. The Morgan fingerprint density at radius 1 is 1.08 bits per heavy atom. The molecule has 1 atom stereocenters. The number of halogens is 1. The van der Waals surface area contributed by atoms with Gasteiger partial charge >= 0.3 is 0 Å². The van der Waals surface area contributed by atoms with Crippen LogP contribution in [0.3, 0.4) is 0 Å². The molecule has 0 aliphatic carbocycles. The molecular weight excluding hydrogens is 346 g/mol. The Bertz CT molecular complexity index is 883. The summed E-state index contributed by atoms with van der Waals surface area (Å²) >= 11 is 6.23. The maximum Gasteiger partial charge on any atom is 0.225 e. The summed E-state index contributed by atoms with van der Waals surface area (Å²) in [5, 5.41) is 7.39. The summed E-state index contributed by atoms with van der Waals surface area (Å²) in [6.45, 7) is 6.21. The molecule has 0 spiro atoms. The smallest absolute Gasteiger partial charge is 0.225 e. The highest BCUT2D eigenvalue weighted by atomic mass is 35.5. The highest BCUT2D eigenvalue weighted by Crippen LogP contribution is 2.26. The molecule has 5 nitrogen and oxygen atoms in total. The van der Waals surface area contributed by atoms with Crippen molar-refractivity contribution >= 4 is 29.1 Å². The Morgan fingerprint density at radius 3 is 2.54 bits per heavy atom. The second kappa shape index (κ2) is 8.15. The Morgan fingerprint density at radius 2 is 1.85 bits per heavy atom. The van der Waals surface area contributed by atoms with Gasteiger partial charge in [-0.1, -0.05) is 24.6 Å². The highest BCUT2D eigenvalue weighted by Gasteiger charge is 2.09. The van der Waals surface area contributed by atoms with Gasteiger partial charge < -0.3 is 10.6 Å². The van der Waals surface area contributed by atoms with E-state index < -0.39 is 0 Å². The maximum atomic E-state index is 6.23. The van der Waals surface area contributed by atoms with Crippen LogP contribution in [-0.4, -0.2) is 21.0 Å². The number of pyridine rings is 1. The van der Waals surface area contributed by atoms with Crippen molar-refractivity contribution < 1.29 is 0 Å². The zero-order valence-corrected chi connectivity index (χ0v) is 15.9. The van der Waals surface area contributed by atoms with Gasteiger partial charge in [0.2, 0.25) is 5.95 Å². The predicted molar refractivity (Wildman–Crippen MR) is 108 cm³/mol. The summed E-state index contributed by atoms with van der Waals surface area (Å²) in [5.74, 6) is 1.30. The van der Waals surface area contributed by atoms with E-state index in [9.17, 15) is 0 Å². The summed E-state index contributed by atoms with van der Waals surface area (Å²) in [7, 11) is 0. The number of benzene rings is 1. The van der Waals surface area contributed by atoms with Gasteiger partial charge in [0.1, 0.15) is 5.82 Å². The molecule has 0 bridgehead atoms. The zero-order chi connectivity index (χ0) is 18.5. The van der Waals surface area contributed by atoms with Gasteiger partial charge in [-0.2, -0.15) is 4.98 Å². The second-order valence-corrected chi connectivity index (χ2v) is 6.65. The number of rotatable bonds is 6. The van der Waals surface area contributed by atoms with Crippen molar-refractivity contribution in [3.8, 4) is 11.3 Å². The first-order valence-electron chi connectivity index (χ1n) is 8.64. The Balaban J connectivity index is 1.97. The minimum absolute atomic E-state index is 0.282. The molecule has 26 heavy (non-hydrogen) atoms. The maximum absolute atomic E-state index is 6.23. The zero-order valence-electron chi connectivity index (χ0n) is 15.1. The molecule has 0 aliphatic rings. The molecule has 0 radical (unpaired) electrons. The standard InChI is InChI=1S/C20H22ClN5/c1-4-14(3)23-20-25-18(15-7-9-22-10-8-15)12-19(26-20)24-16-6-5-13(2)17(21)11-16/h5-12,14H,4H2,1-3H3,(H2,23,24,25,26)/t14-/m1/s1. The number of nitrogens with one attached hydrogen (secondary N) is 2. The van der Waals surface area contributed by atoms with Gasteiger partial charge in [0.25, 0.3) is 0 Å². The van der Waals surface area contributed by atoms with Crippen molar-refractivity contribution in [2.24, 2.45) is 0 Å². The van der Waals surface area contributed by atoms with Crippen LogP contribution in [0.25, 0.3) is 11.3 Å². The molecular formula is C20H22ClN5. The fraction of sp³-hybridized carbons (Fsp3) is 0.250. The van der Waals surface area contributed by atoms with Crippen LogP contribution < -0.4 is 10.6 Å². The van der Waals surface area contributed by atoms with Crippen molar-refractivity contribution in [2.75, 3.05) is 10.6 Å². The third kappa shape index (κ3) is 4.49. The van der Waals surface area contributed by atoms with E-state index >= 15 is 0 Å². The molecule has 2 heterocycles. The van der Waals surface area contributed by atoms with E-state index in [2.05, 4.69) is 39.4 Å². The number of anilines is 3. The molecule has 0 aliphatic heterocycles. The van der Waals surface area contributed by atoms with Gasteiger partial charge in [-0.25, -0.2) is 4.98 Å². The number of nitrogens with zero attached hydrogens (tertiary/aromatic N) is 3. The molecule has 2 aromatic heterocycles. The van der Waals surface area contributed by atoms with Crippen LogP contribution in [0.5, 0.6) is 0 Å². The Hall–Kier alpha value is -2.66. The van der Waals surface area contributed by atoms with Gasteiger partial charge in [-0.15, -0.1) is 0 Å². The minimum Gasteiger partial charge on any atom is -0.352 e. The van der Waals surface area contributed by atoms with Gasteiger partial charge in [0.05, 0.1) is 5.69 Å². The SMILES string of the molecule is CC[C@@H](C)Nc1nc(Nc2ccc(C)c(Cl)c2)cc(-c2ccncc2)n1. The van der Waals surface area contributed by atoms with Crippen molar-refractivity contribution in [1.82, 2.24) is 15.0 Å². The van der Waals surface area contributed by atoms with Crippen LogP contribution in [0, 0.1) is 6.92 Å². The van der Waals surface area contributed by atoms with Crippen LogP contribution in [0.15, 0.2) is 48.8 Å². The fourth-order valence-corrected chi connectivity index (χ4v) is 2.57. The fourth-order valence-electron chi connectivity index (χ4n) is 2.39. The van der Waals surface area contributed by atoms with Crippen molar-refractivity contribution in [1.29, 1.82) is 0 Å². The average Bonchev–Trinajstić information content (AvgIpc) is 2.65. The van der Waals surface area contributed by atoms with Crippen LogP contribution in [0.2, 0.25) is 5.02 Å². The molecule has 134 valence electrons. The third-order valence-corrected chi connectivity index (χ3v) is 4.54. The molecule has 0 fully saturated rings. The molecule has 3 aromatic rings. The first-order chi connectivity index (χ1) is 12.5.